The normalized spacial score (nSPS) is 10.6. The van der Waals surface area contributed by atoms with Crippen molar-refractivity contribution in [1.82, 2.24) is 5.32 Å². The number of thiophene rings is 1. The van der Waals surface area contributed by atoms with Crippen molar-refractivity contribution < 1.29 is 14.3 Å². The smallest absolute Gasteiger partial charge is 0.244 e. The Morgan fingerprint density at radius 3 is 2.55 bits per heavy atom. The van der Waals surface area contributed by atoms with Gasteiger partial charge in [-0.25, -0.2) is 0 Å². The number of hydrogen-bond acceptors (Lipinski definition) is 4. The van der Waals surface area contributed by atoms with Crippen molar-refractivity contribution in [3.8, 4) is 11.5 Å². The molecule has 2 rings (SSSR count). The van der Waals surface area contributed by atoms with Crippen LogP contribution in [0.4, 0.5) is 0 Å². The molecule has 116 valence electrons. The van der Waals surface area contributed by atoms with E-state index in [0.29, 0.717) is 18.0 Å². The lowest BCUT2D eigenvalue weighted by molar-refractivity contribution is -0.116. The Morgan fingerprint density at radius 2 is 1.95 bits per heavy atom. The number of methoxy groups -OCH3 is 2. The topological polar surface area (TPSA) is 47.6 Å². The van der Waals surface area contributed by atoms with Gasteiger partial charge in [-0.3, -0.25) is 4.79 Å². The van der Waals surface area contributed by atoms with E-state index in [-0.39, 0.29) is 5.91 Å². The number of benzene rings is 1. The van der Waals surface area contributed by atoms with Crippen LogP contribution in [-0.4, -0.2) is 26.7 Å². The maximum Gasteiger partial charge on any atom is 0.244 e. The van der Waals surface area contributed by atoms with Crippen LogP contribution in [0.5, 0.6) is 11.5 Å². The van der Waals surface area contributed by atoms with Crippen LogP contribution in [-0.2, 0) is 11.2 Å². The monoisotopic (exact) mass is 317 g/mol. The molecule has 0 aliphatic heterocycles. The second kappa shape index (κ2) is 8.24. The lowest BCUT2D eigenvalue weighted by Gasteiger charge is -2.05. The van der Waals surface area contributed by atoms with Crippen molar-refractivity contribution in [2.45, 2.75) is 6.42 Å². The highest BCUT2D eigenvalue weighted by Crippen LogP contribution is 2.23. The zero-order valence-electron chi connectivity index (χ0n) is 12.7. The third-order valence-corrected chi connectivity index (χ3v) is 3.99. The number of hydrogen-bond donors (Lipinski definition) is 1. The molecule has 0 saturated carbocycles. The number of rotatable bonds is 7. The maximum atomic E-state index is 11.8. The minimum absolute atomic E-state index is 0.113. The van der Waals surface area contributed by atoms with Gasteiger partial charge in [0, 0.05) is 23.6 Å². The van der Waals surface area contributed by atoms with Crippen molar-refractivity contribution in [1.29, 1.82) is 0 Å². The first kappa shape index (κ1) is 16.1. The summed E-state index contributed by atoms with van der Waals surface area (Å²) in [4.78, 5) is 13.1. The molecule has 1 amide bonds. The number of amides is 1. The molecule has 0 aliphatic carbocycles. The number of carbonyl (C=O) groups excluding carboxylic acids is 1. The predicted octanol–water partition coefficient (Wildman–Crippen LogP) is 3.14. The number of nitrogens with one attached hydrogen (secondary N) is 1. The van der Waals surface area contributed by atoms with E-state index in [2.05, 4.69) is 11.4 Å². The summed E-state index contributed by atoms with van der Waals surface area (Å²) in [7, 11) is 3.19. The predicted molar refractivity (Wildman–Crippen MR) is 89.6 cm³/mol. The molecule has 5 heteroatoms. The zero-order chi connectivity index (χ0) is 15.8. The Kier molecular flexibility index (Phi) is 6.03. The first-order chi connectivity index (χ1) is 10.7. The molecule has 0 aliphatic rings. The molecule has 0 bridgehead atoms. The van der Waals surface area contributed by atoms with E-state index in [9.17, 15) is 4.79 Å². The second-order valence-corrected chi connectivity index (χ2v) is 5.63. The van der Waals surface area contributed by atoms with Gasteiger partial charge in [0.25, 0.3) is 0 Å². The van der Waals surface area contributed by atoms with Crippen LogP contribution >= 0.6 is 11.3 Å². The quantitative estimate of drug-likeness (QED) is 0.798. The van der Waals surface area contributed by atoms with Gasteiger partial charge >= 0.3 is 0 Å². The van der Waals surface area contributed by atoms with Crippen LogP contribution < -0.4 is 14.8 Å². The van der Waals surface area contributed by atoms with Crippen LogP contribution in [0.15, 0.2) is 41.8 Å². The largest absolute Gasteiger partial charge is 0.497 e. The lowest BCUT2D eigenvalue weighted by atomic mass is 10.2. The zero-order valence-corrected chi connectivity index (χ0v) is 13.5. The number of ether oxygens (including phenoxy) is 2. The van der Waals surface area contributed by atoms with Gasteiger partial charge in [0.2, 0.25) is 5.91 Å². The minimum Gasteiger partial charge on any atom is -0.497 e. The Labute approximate surface area is 134 Å². The summed E-state index contributed by atoms with van der Waals surface area (Å²) in [5.74, 6) is 1.27. The first-order valence-corrected chi connectivity index (χ1v) is 7.80. The molecule has 0 atom stereocenters. The third-order valence-electron chi connectivity index (χ3n) is 3.05. The van der Waals surface area contributed by atoms with E-state index in [4.69, 9.17) is 9.47 Å². The van der Waals surface area contributed by atoms with Crippen LogP contribution in [0.2, 0.25) is 0 Å². The highest BCUT2D eigenvalue weighted by molar-refractivity contribution is 7.09. The third kappa shape index (κ3) is 4.93. The molecule has 1 N–H and O–H groups in total. The Hall–Kier alpha value is -2.27. The van der Waals surface area contributed by atoms with Crippen LogP contribution in [0.25, 0.3) is 6.08 Å². The van der Waals surface area contributed by atoms with Gasteiger partial charge in [-0.15, -0.1) is 11.3 Å². The van der Waals surface area contributed by atoms with Gasteiger partial charge < -0.3 is 14.8 Å². The van der Waals surface area contributed by atoms with E-state index in [1.54, 1.807) is 37.7 Å². The highest BCUT2D eigenvalue weighted by atomic mass is 32.1. The van der Waals surface area contributed by atoms with E-state index in [1.807, 2.05) is 23.6 Å². The van der Waals surface area contributed by atoms with Gasteiger partial charge in [0.05, 0.1) is 14.2 Å². The Balaban J connectivity index is 1.88. The van der Waals surface area contributed by atoms with E-state index in [1.165, 1.54) is 11.0 Å². The molecule has 1 heterocycles. The summed E-state index contributed by atoms with van der Waals surface area (Å²) in [6.07, 6.45) is 4.11. The summed E-state index contributed by atoms with van der Waals surface area (Å²) in [6, 6.07) is 9.56. The van der Waals surface area contributed by atoms with Crippen molar-refractivity contribution in [2.24, 2.45) is 0 Å². The van der Waals surface area contributed by atoms with Gasteiger partial charge in [-0.05, 0) is 41.6 Å². The van der Waals surface area contributed by atoms with Crippen LogP contribution in [0.1, 0.15) is 10.4 Å². The molecule has 2 aromatic rings. The fourth-order valence-corrected chi connectivity index (χ4v) is 2.63. The van der Waals surface area contributed by atoms with E-state index < -0.39 is 0 Å². The molecular weight excluding hydrogens is 298 g/mol. The molecule has 4 nitrogen and oxygen atoms in total. The first-order valence-electron chi connectivity index (χ1n) is 6.92. The molecule has 0 fully saturated rings. The van der Waals surface area contributed by atoms with Crippen molar-refractivity contribution in [2.75, 3.05) is 20.8 Å². The summed E-state index contributed by atoms with van der Waals surface area (Å²) in [6.45, 7) is 0.630. The second-order valence-electron chi connectivity index (χ2n) is 4.60. The molecule has 22 heavy (non-hydrogen) atoms. The lowest BCUT2D eigenvalue weighted by Crippen LogP contribution is -2.23. The molecular formula is C17H19NO3S. The minimum atomic E-state index is -0.113. The van der Waals surface area contributed by atoms with Crippen LogP contribution in [0.3, 0.4) is 0 Å². The number of carbonyl (C=O) groups is 1. The van der Waals surface area contributed by atoms with Crippen molar-refractivity contribution >= 4 is 23.3 Å². The highest BCUT2D eigenvalue weighted by Gasteiger charge is 2.01. The van der Waals surface area contributed by atoms with Gasteiger partial charge in [0.15, 0.2) is 0 Å². The standard InChI is InChI=1S/C17H19NO3S/c1-20-14-10-13(11-15(12-14)21-2)5-6-17(19)18-8-7-16-4-3-9-22-16/h3-6,9-12H,7-8H2,1-2H3,(H,18,19). The summed E-state index contributed by atoms with van der Waals surface area (Å²) >= 11 is 1.70. The SMILES string of the molecule is COc1cc(C=CC(=O)NCCc2cccs2)cc(OC)c1. The average Bonchev–Trinajstić information content (AvgIpc) is 3.06. The Bertz CT molecular complexity index is 613. The van der Waals surface area contributed by atoms with E-state index >= 15 is 0 Å². The summed E-state index contributed by atoms with van der Waals surface area (Å²) < 4.78 is 10.4. The fourth-order valence-electron chi connectivity index (χ4n) is 1.92. The van der Waals surface area contributed by atoms with Gasteiger partial charge in [0.1, 0.15) is 11.5 Å². The van der Waals surface area contributed by atoms with E-state index in [0.717, 1.165) is 12.0 Å². The molecule has 1 aromatic heterocycles. The molecule has 0 saturated heterocycles. The Morgan fingerprint density at radius 1 is 1.23 bits per heavy atom. The van der Waals surface area contributed by atoms with Crippen molar-refractivity contribution in [3.05, 3.63) is 52.2 Å². The molecule has 0 radical (unpaired) electrons. The van der Waals surface area contributed by atoms with Crippen LogP contribution in [0, 0.1) is 0 Å². The average molecular weight is 317 g/mol. The van der Waals surface area contributed by atoms with Gasteiger partial charge in [-0.2, -0.15) is 0 Å². The molecule has 1 aromatic carbocycles. The van der Waals surface area contributed by atoms with Crippen molar-refractivity contribution in [3.63, 3.8) is 0 Å². The maximum absolute atomic E-state index is 11.8. The molecule has 0 spiro atoms. The summed E-state index contributed by atoms with van der Waals surface area (Å²) in [5.41, 5.74) is 0.851. The fraction of sp³-hybridized carbons (Fsp3) is 0.235. The molecule has 0 unspecified atom stereocenters. The van der Waals surface area contributed by atoms with Gasteiger partial charge in [-0.1, -0.05) is 6.07 Å². The summed E-state index contributed by atoms with van der Waals surface area (Å²) in [5, 5.41) is 4.90.